The quantitative estimate of drug-likeness (QED) is 0.0241. The van der Waals surface area contributed by atoms with Crippen LogP contribution >= 0.6 is 0 Å². The van der Waals surface area contributed by atoms with Gasteiger partial charge in [0.1, 0.15) is 0 Å². The van der Waals surface area contributed by atoms with Crippen molar-refractivity contribution in [3.8, 4) is 0 Å². The van der Waals surface area contributed by atoms with Crippen LogP contribution in [0.3, 0.4) is 0 Å². The molecule has 0 aromatic rings. The predicted octanol–water partition coefficient (Wildman–Crippen LogP) is -5.90. The van der Waals surface area contributed by atoms with Gasteiger partial charge in [-0.25, -0.2) is 0 Å². The Morgan fingerprint density at radius 3 is 0.768 bits per heavy atom. The van der Waals surface area contributed by atoms with Crippen LogP contribution < -0.4 is 42.2 Å². The van der Waals surface area contributed by atoms with E-state index in [-0.39, 0.29) is 49.3 Å². The van der Waals surface area contributed by atoms with Gasteiger partial charge in [0.15, 0.2) is 0 Å². The summed E-state index contributed by atoms with van der Waals surface area (Å²) in [6.45, 7) is 10.5. The van der Waals surface area contributed by atoms with Crippen LogP contribution in [0.1, 0.15) is 25.7 Å². The van der Waals surface area contributed by atoms with Crippen LogP contribution in [0, 0.1) is 0 Å². The van der Waals surface area contributed by atoms with E-state index in [1.54, 1.807) is 0 Å². The summed E-state index contributed by atoms with van der Waals surface area (Å²) in [5, 5.41) is 23.9. The summed E-state index contributed by atoms with van der Waals surface area (Å²) in [6.07, 6.45) is 0.905. The zero-order valence-electron chi connectivity index (χ0n) is 32.5. The molecule has 0 spiro atoms. The number of amides is 4. The van der Waals surface area contributed by atoms with Gasteiger partial charge in [-0.1, -0.05) is 0 Å². The molecule has 4 aliphatic heterocycles. The van der Waals surface area contributed by atoms with Gasteiger partial charge < -0.3 is 89.2 Å². The summed E-state index contributed by atoms with van der Waals surface area (Å²) >= 11 is 0. The summed E-state index contributed by atoms with van der Waals surface area (Å²) < 4.78 is 42.8. The molecule has 0 aliphatic carbocycles. The molecule has 4 amide bonds. The molecule has 0 bridgehead atoms. The molecule has 314 valence electrons. The minimum absolute atomic E-state index is 0.122. The summed E-state index contributed by atoms with van der Waals surface area (Å²) in [4.78, 5) is 55.1. The third-order valence-electron chi connectivity index (χ3n) is 8.87. The molecule has 56 heavy (non-hydrogen) atoms. The first-order chi connectivity index (χ1) is 27.4. The summed E-state index contributed by atoms with van der Waals surface area (Å²) in [5.41, 5.74) is 0. The van der Waals surface area contributed by atoms with Crippen molar-refractivity contribution in [2.45, 2.75) is 25.7 Å². The molecule has 0 saturated carbocycles. The molecular formula is C30H60B4N10O12. The van der Waals surface area contributed by atoms with Crippen molar-refractivity contribution < 1.29 is 56.4 Å². The fourth-order valence-corrected chi connectivity index (χ4v) is 5.82. The highest BCUT2D eigenvalue weighted by Crippen LogP contribution is 2.02. The third-order valence-corrected chi connectivity index (χ3v) is 8.87. The monoisotopic (exact) mass is 796 g/mol. The Balaban J connectivity index is 1.22. The Hall–Kier alpha value is -2.42. The van der Waals surface area contributed by atoms with E-state index in [0.717, 1.165) is 0 Å². The molecular weight excluding hydrogens is 736 g/mol. The van der Waals surface area contributed by atoms with Crippen molar-refractivity contribution in [2.24, 2.45) is 0 Å². The Kier molecular flexibility index (Phi) is 23.9. The highest BCUT2D eigenvalue weighted by molar-refractivity contribution is 6.42. The molecule has 4 aliphatic rings. The topological polar surface area (TPSA) is 245 Å². The van der Waals surface area contributed by atoms with Gasteiger partial charge in [0, 0.05) is 117 Å². The van der Waals surface area contributed by atoms with Crippen molar-refractivity contribution >= 4 is 52.6 Å². The minimum Gasteiger partial charge on any atom is -0.395 e. The highest BCUT2D eigenvalue weighted by Gasteiger charge is 2.26. The number of hydrogen-bond acceptors (Lipinski definition) is 18. The molecule has 0 atom stereocenters. The maximum absolute atomic E-state index is 12.8. The largest absolute Gasteiger partial charge is 0.554 e. The average Bonchev–Trinajstić information content (AvgIpc) is 4.05. The lowest BCUT2D eigenvalue weighted by molar-refractivity contribution is -0.123. The Morgan fingerprint density at radius 2 is 0.554 bits per heavy atom. The first-order valence-corrected chi connectivity index (χ1v) is 19.8. The van der Waals surface area contributed by atoms with E-state index in [0.29, 0.717) is 144 Å². The molecule has 0 aromatic carbocycles. The lowest BCUT2D eigenvalue weighted by Gasteiger charge is -2.27. The van der Waals surface area contributed by atoms with Gasteiger partial charge in [-0.2, -0.15) is 0 Å². The number of carbonyl (C=O) groups is 4. The van der Waals surface area contributed by atoms with Crippen LogP contribution in [0.2, 0.25) is 0 Å². The van der Waals surface area contributed by atoms with Crippen LogP contribution in [0.4, 0.5) is 0 Å². The Labute approximate surface area is 330 Å². The van der Waals surface area contributed by atoms with Crippen molar-refractivity contribution in [1.29, 1.82) is 0 Å². The molecule has 4 fully saturated rings. The second kappa shape index (κ2) is 28.9. The van der Waals surface area contributed by atoms with Gasteiger partial charge in [0.2, 0.25) is 23.6 Å². The normalized spacial score (nSPS) is 17.1. The van der Waals surface area contributed by atoms with Crippen LogP contribution in [0.15, 0.2) is 0 Å². The first kappa shape index (κ1) is 46.3. The second-order valence-electron chi connectivity index (χ2n) is 13.2. The van der Waals surface area contributed by atoms with E-state index in [4.69, 9.17) is 37.2 Å². The van der Waals surface area contributed by atoms with Crippen molar-refractivity contribution in [2.75, 3.05) is 144 Å². The Morgan fingerprint density at radius 1 is 0.339 bits per heavy atom. The first-order valence-electron chi connectivity index (χ1n) is 19.8. The highest BCUT2D eigenvalue weighted by atomic mass is 16.7. The number of hydrogen-bond donors (Lipinski definition) is 8. The standard InChI is InChI=1S/C30H60B4N10O12/c45-27(35-5-9-39-31-49-19-20-50-31)1-13-43(14-2-28(46)36-6-10-40-32-51-21-22-52-32)17-18-44(15-3-29(47)37-7-11-41-33-53-23-24-54-33)16-4-30(48)38-8-12-42-34-55-25-26-56-34/h39-42H,1-26H2,(H,35,45)(H,36,46)(H,37,47)(H,38,48). The van der Waals surface area contributed by atoms with E-state index < -0.39 is 29.0 Å². The molecule has 0 aromatic heterocycles. The summed E-state index contributed by atoms with van der Waals surface area (Å²) in [7, 11) is -1.83. The molecule has 4 heterocycles. The van der Waals surface area contributed by atoms with E-state index in [2.05, 4.69) is 52.0 Å². The Bertz CT molecular complexity index is 964. The van der Waals surface area contributed by atoms with Crippen LogP contribution in [-0.2, 0) is 56.4 Å². The van der Waals surface area contributed by atoms with Crippen LogP contribution in [-0.4, -0.2) is 207 Å². The second-order valence-corrected chi connectivity index (χ2v) is 13.2. The predicted molar refractivity (Wildman–Crippen MR) is 206 cm³/mol. The van der Waals surface area contributed by atoms with Crippen molar-refractivity contribution in [3.05, 3.63) is 0 Å². The van der Waals surface area contributed by atoms with Crippen molar-refractivity contribution in [1.82, 2.24) is 52.0 Å². The van der Waals surface area contributed by atoms with E-state index in [9.17, 15) is 19.2 Å². The van der Waals surface area contributed by atoms with Crippen LogP contribution in [0.5, 0.6) is 0 Å². The number of rotatable bonds is 31. The molecule has 4 rings (SSSR count). The minimum atomic E-state index is -0.457. The smallest absolute Gasteiger partial charge is 0.395 e. The van der Waals surface area contributed by atoms with Gasteiger partial charge in [-0.05, 0) is 0 Å². The number of carbonyl (C=O) groups excluding carboxylic acids is 4. The molecule has 26 heteroatoms. The van der Waals surface area contributed by atoms with Gasteiger partial charge in [0.05, 0.1) is 52.9 Å². The molecule has 22 nitrogen and oxygen atoms in total. The zero-order valence-corrected chi connectivity index (χ0v) is 32.5. The average molecular weight is 796 g/mol. The van der Waals surface area contributed by atoms with E-state index in [1.165, 1.54) is 0 Å². The van der Waals surface area contributed by atoms with Gasteiger partial charge in [-0.15, -0.1) is 0 Å². The summed E-state index contributed by atoms with van der Waals surface area (Å²) in [6, 6.07) is 0. The molecule has 8 N–H and O–H groups in total. The summed E-state index contributed by atoms with van der Waals surface area (Å²) in [5.74, 6) is -0.488. The zero-order chi connectivity index (χ0) is 39.5. The molecule has 0 unspecified atom stereocenters. The lowest BCUT2D eigenvalue weighted by Crippen LogP contribution is -2.44. The van der Waals surface area contributed by atoms with Crippen molar-refractivity contribution in [3.63, 3.8) is 0 Å². The third kappa shape index (κ3) is 21.4. The molecule has 0 radical (unpaired) electrons. The van der Waals surface area contributed by atoms with Crippen LogP contribution in [0.25, 0.3) is 0 Å². The SMILES string of the molecule is O=C(CCN(CCC(=O)NCCNB1OCCO1)CCN(CCC(=O)NCCNB1OCCO1)CCC(=O)NCCNB1OCCO1)NCCNB1OCCO1. The molecule has 4 saturated heterocycles. The van der Waals surface area contributed by atoms with E-state index >= 15 is 0 Å². The maximum Gasteiger partial charge on any atom is 0.554 e. The van der Waals surface area contributed by atoms with Gasteiger partial charge in [-0.3, -0.25) is 19.2 Å². The van der Waals surface area contributed by atoms with Gasteiger partial charge >= 0.3 is 29.0 Å². The van der Waals surface area contributed by atoms with Gasteiger partial charge in [0.25, 0.3) is 0 Å². The fourth-order valence-electron chi connectivity index (χ4n) is 5.82. The number of nitrogens with one attached hydrogen (secondary N) is 8. The van der Waals surface area contributed by atoms with E-state index in [1.807, 2.05) is 0 Å². The number of nitrogens with zero attached hydrogens (tertiary/aromatic N) is 2. The fraction of sp³-hybridized carbons (Fsp3) is 0.867. The lowest BCUT2D eigenvalue weighted by atomic mass is 10.1. The maximum atomic E-state index is 12.8.